The number of aromatic nitrogens is 3. The summed E-state index contributed by atoms with van der Waals surface area (Å²) in [5, 5.41) is 7.62. The number of benzene rings is 2. The van der Waals surface area contributed by atoms with Gasteiger partial charge in [-0.25, -0.2) is 0 Å². The van der Waals surface area contributed by atoms with Crippen LogP contribution >= 0.6 is 11.6 Å². The lowest BCUT2D eigenvalue weighted by Crippen LogP contribution is -2.29. The van der Waals surface area contributed by atoms with Crippen molar-refractivity contribution >= 4 is 28.3 Å². The summed E-state index contributed by atoms with van der Waals surface area (Å²) in [4.78, 5) is 15.8. The third kappa shape index (κ3) is 4.10. The van der Waals surface area contributed by atoms with Gasteiger partial charge in [0, 0.05) is 40.3 Å². The van der Waals surface area contributed by atoms with E-state index >= 15 is 0 Å². The molecular weight excluding hydrogens is 455 g/mol. The van der Waals surface area contributed by atoms with Crippen LogP contribution in [0.4, 0.5) is 4.39 Å². The average molecular weight is 481 g/mol. The molecule has 176 valence electrons. The molecule has 1 aliphatic rings. The highest BCUT2D eigenvalue weighted by atomic mass is 35.5. The third-order valence-corrected chi connectivity index (χ3v) is 6.93. The molecule has 0 unspecified atom stereocenters. The summed E-state index contributed by atoms with van der Waals surface area (Å²) in [6.07, 6.45) is 3.98. The summed E-state index contributed by atoms with van der Waals surface area (Å²) >= 11 is 6.16. The van der Waals surface area contributed by atoms with Gasteiger partial charge in [0.15, 0.2) is 5.78 Å². The van der Waals surface area contributed by atoms with Crippen molar-refractivity contribution in [2.75, 3.05) is 20.7 Å². The monoisotopic (exact) mass is 480 g/mol. The van der Waals surface area contributed by atoms with Gasteiger partial charge in [-0.3, -0.25) is 9.89 Å². The highest BCUT2D eigenvalue weighted by molar-refractivity contribution is 6.30. The lowest BCUT2D eigenvalue weighted by atomic mass is 9.89. The van der Waals surface area contributed by atoms with Crippen LogP contribution in [-0.4, -0.2) is 52.2 Å². The molecule has 2 atom stereocenters. The Kier molecular flexibility index (Phi) is 5.91. The molecule has 0 saturated carbocycles. The molecule has 0 radical (unpaired) electrons. The fourth-order valence-electron chi connectivity index (χ4n) is 4.48. The number of hydrogen-bond donors (Lipinski definition) is 1. The van der Waals surface area contributed by atoms with Crippen LogP contribution in [0, 0.1) is 11.9 Å². The first kappa shape index (κ1) is 22.6. The Morgan fingerprint density at radius 1 is 1.32 bits per heavy atom. The molecule has 34 heavy (non-hydrogen) atoms. The molecule has 0 saturated heterocycles. The fourth-order valence-corrected chi connectivity index (χ4v) is 4.67. The van der Waals surface area contributed by atoms with Crippen molar-refractivity contribution in [3.63, 3.8) is 0 Å². The number of carbonyl (C=O) groups is 1. The van der Waals surface area contributed by atoms with Crippen LogP contribution in [0.15, 0.2) is 48.8 Å². The highest BCUT2D eigenvalue weighted by Gasteiger charge is 2.29. The predicted molar refractivity (Wildman–Crippen MR) is 131 cm³/mol. The second-order valence-electron chi connectivity index (χ2n) is 9.17. The Hall–Kier alpha value is -3.16. The first-order chi connectivity index (χ1) is 16.3. The van der Waals surface area contributed by atoms with Crippen LogP contribution in [-0.2, 0) is 13.0 Å². The molecule has 0 aliphatic carbocycles. The van der Waals surface area contributed by atoms with Gasteiger partial charge in [-0.15, -0.1) is 0 Å². The molecule has 1 N–H and O–H groups in total. The van der Waals surface area contributed by atoms with Crippen molar-refractivity contribution in [2.24, 2.45) is 5.92 Å². The van der Waals surface area contributed by atoms with Crippen LogP contribution in [0.25, 0.3) is 22.0 Å². The minimum Gasteiger partial charge on any atom is -0.493 e. The second kappa shape index (κ2) is 8.89. The molecule has 4 aromatic rings. The number of fused-ring (bicyclic) bond motifs is 2. The first-order valence-electron chi connectivity index (χ1n) is 11.3. The quantitative estimate of drug-likeness (QED) is 0.385. The van der Waals surface area contributed by atoms with Crippen molar-refractivity contribution in [2.45, 2.75) is 25.9 Å². The molecule has 0 spiro atoms. The van der Waals surface area contributed by atoms with Crippen molar-refractivity contribution in [1.82, 2.24) is 19.7 Å². The summed E-state index contributed by atoms with van der Waals surface area (Å²) in [7, 11) is 4.05. The lowest BCUT2D eigenvalue weighted by Gasteiger charge is -2.24. The minimum atomic E-state index is -0.480. The van der Waals surface area contributed by atoms with Gasteiger partial charge < -0.3 is 14.2 Å². The number of rotatable bonds is 6. The van der Waals surface area contributed by atoms with Gasteiger partial charge in [-0.2, -0.15) is 9.49 Å². The van der Waals surface area contributed by atoms with Crippen LogP contribution in [0.2, 0.25) is 5.02 Å². The van der Waals surface area contributed by atoms with E-state index in [4.69, 9.17) is 16.3 Å². The third-order valence-electron chi connectivity index (χ3n) is 6.69. The average Bonchev–Trinajstić information content (AvgIpc) is 3.41. The van der Waals surface area contributed by atoms with Crippen molar-refractivity contribution in [1.29, 1.82) is 0 Å². The molecule has 6 nitrogen and oxygen atoms in total. The normalized spacial score (nSPS) is 16.5. The van der Waals surface area contributed by atoms with E-state index in [0.29, 0.717) is 41.3 Å². The van der Waals surface area contributed by atoms with Gasteiger partial charge >= 0.3 is 0 Å². The van der Waals surface area contributed by atoms with E-state index in [1.807, 2.05) is 50.6 Å². The Bertz CT molecular complexity index is 1380. The number of carbonyl (C=O) groups excluding carboxylic acids is 1. The van der Waals surface area contributed by atoms with Crippen LogP contribution in [0.5, 0.6) is 5.75 Å². The summed E-state index contributed by atoms with van der Waals surface area (Å²) in [6, 6.07) is 11.4. The van der Waals surface area contributed by atoms with Crippen molar-refractivity contribution in [3.05, 3.63) is 70.9 Å². The van der Waals surface area contributed by atoms with Gasteiger partial charge in [0.25, 0.3) is 0 Å². The van der Waals surface area contributed by atoms with Gasteiger partial charge in [-0.1, -0.05) is 23.7 Å². The molecule has 5 rings (SSSR count). The van der Waals surface area contributed by atoms with E-state index in [1.165, 1.54) is 6.20 Å². The molecule has 2 aromatic carbocycles. The van der Waals surface area contributed by atoms with Crippen molar-refractivity contribution in [3.8, 4) is 16.9 Å². The van der Waals surface area contributed by atoms with E-state index in [2.05, 4.69) is 26.6 Å². The summed E-state index contributed by atoms with van der Waals surface area (Å²) in [5.41, 5.74) is 3.59. The number of H-pyrrole nitrogens is 1. The predicted octanol–water partition coefficient (Wildman–Crippen LogP) is 5.21. The summed E-state index contributed by atoms with van der Waals surface area (Å²) < 4.78 is 22.1. The minimum absolute atomic E-state index is 0.0362. The first-order valence-corrected chi connectivity index (χ1v) is 11.6. The van der Waals surface area contributed by atoms with Crippen LogP contribution in [0.3, 0.4) is 0 Å². The lowest BCUT2D eigenvalue weighted by molar-refractivity contribution is 0.0856. The van der Waals surface area contributed by atoms with Gasteiger partial charge in [0.1, 0.15) is 5.75 Å². The summed E-state index contributed by atoms with van der Waals surface area (Å²) in [6.45, 7) is 3.14. The number of ketones is 1. The largest absolute Gasteiger partial charge is 0.493 e. The zero-order valence-electron chi connectivity index (χ0n) is 19.3. The van der Waals surface area contributed by atoms with Crippen LogP contribution < -0.4 is 4.74 Å². The number of nitrogens with zero attached hydrogens (tertiary/aromatic N) is 3. The van der Waals surface area contributed by atoms with E-state index < -0.39 is 5.95 Å². The Labute approximate surface area is 202 Å². The van der Waals surface area contributed by atoms with E-state index in [0.717, 1.165) is 22.2 Å². The SMILES string of the molecule is C[C@H](Cn1cc(C(=O)[C@@H]2COc3ccc(Cl)cc3C2)c2ccc(-c3cn[nH]c3F)cc21)N(C)C. The number of likely N-dealkylation sites (N-methyl/N-ethyl adjacent to an activating group) is 1. The highest BCUT2D eigenvalue weighted by Crippen LogP contribution is 2.34. The van der Waals surface area contributed by atoms with Gasteiger partial charge in [0.2, 0.25) is 5.95 Å². The molecule has 0 fully saturated rings. The molecule has 8 heteroatoms. The number of aromatic amines is 1. The maximum Gasteiger partial charge on any atom is 0.216 e. The van der Waals surface area contributed by atoms with E-state index in [-0.39, 0.29) is 17.7 Å². The number of halogens is 2. The zero-order chi connectivity index (χ0) is 24.0. The Morgan fingerprint density at radius 3 is 2.88 bits per heavy atom. The number of ether oxygens (including phenoxy) is 1. The van der Waals surface area contributed by atoms with E-state index in [9.17, 15) is 9.18 Å². The van der Waals surface area contributed by atoms with Crippen molar-refractivity contribution < 1.29 is 13.9 Å². The molecule has 0 bridgehead atoms. The number of nitrogens with one attached hydrogen (secondary N) is 1. The fraction of sp³-hybridized carbons (Fsp3) is 0.308. The van der Waals surface area contributed by atoms with E-state index in [1.54, 1.807) is 6.07 Å². The second-order valence-corrected chi connectivity index (χ2v) is 9.60. The molecule has 2 aromatic heterocycles. The topological polar surface area (TPSA) is 63.2 Å². The van der Waals surface area contributed by atoms with Gasteiger partial charge in [-0.05, 0) is 62.8 Å². The molecular formula is C26H26ClFN4O2. The zero-order valence-corrected chi connectivity index (χ0v) is 20.1. The maximum absolute atomic E-state index is 14.2. The summed E-state index contributed by atoms with van der Waals surface area (Å²) in [5.74, 6) is 0.0333. The molecule has 3 heterocycles. The number of Topliss-reactive ketones (excluding diaryl/α,β-unsaturated/α-hetero) is 1. The Morgan fingerprint density at radius 2 is 2.15 bits per heavy atom. The standard InChI is InChI=1S/C26H26ClFN4O2/c1-15(31(2)3)12-32-13-22(20-6-4-16(10-23(20)32)21-11-29-30-26(21)28)25(33)18-8-17-9-19(27)5-7-24(17)34-14-18/h4-7,9-11,13,15,18H,8,12,14H2,1-3H3,(H,29,30)/t15-,18+/m1/s1. The number of hydrogen-bond acceptors (Lipinski definition) is 4. The van der Waals surface area contributed by atoms with Gasteiger partial charge in [0.05, 0.1) is 24.3 Å². The van der Waals surface area contributed by atoms with Crippen LogP contribution in [0.1, 0.15) is 22.8 Å². The maximum atomic E-state index is 14.2. The molecule has 1 aliphatic heterocycles. The Balaban J connectivity index is 1.55. The molecule has 0 amide bonds. The smallest absolute Gasteiger partial charge is 0.216 e.